The molecule has 0 saturated carbocycles. The molecule has 1 amide bonds. The highest BCUT2D eigenvalue weighted by molar-refractivity contribution is 6.17. The van der Waals surface area contributed by atoms with Gasteiger partial charge in [0.25, 0.3) is 0 Å². The molecule has 0 aliphatic carbocycles. The summed E-state index contributed by atoms with van der Waals surface area (Å²) in [6.07, 6.45) is 1.12. The lowest BCUT2D eigenvalue weighted by Crippen LogP contribution is -2.35. The van der Waals surface area contributed by atoms with E-state index in [0.29, 0.717) is 5.57 Å². The number of rotatable bonds is 4. The van der Waals surface area contributed by atoms with Gasteiger partial charge in [0, 0.05) is 17.9 Å². The van der Waals surface area contributed by atoms with E-state index >= 15 is 0 Å². The van der Waals surface area contributed by atoms with Crippen molar-refractivity contribution in [2.24, 2.45) is 5.73 Å². The van der Waals surface area contributed by atoms with Crippen molar-refractivity contribution in [1.29, 1.82) is 0 Å². The van der Waals surface area contributed by atoms with Crippen molar-refractivity contribution < 1.29 is 9.28 Å². The maximum Gasteiger partial charge on any atom is 0.243 e. The number of carbonyl (C=O) groups excluding carboxylic acids is 1. The topological polar surface area (TPSA) is 43.1 Å². The van der Waals surface area contributed by atoms with E-state index in [2.05, 4.69) is 27.7 Å². The zero-order chi connectivity index (χ0) is 11.8. The highest BCUT2D eigenvalue weighted by Gasteiger charge is 2.03. The zero-order valence-corrected chi connectivity index (χ0v) is 10.4. The van der Waals surface area contributed by atoms with Crippen molar-refractivity contribution in [3.63, 3.8) is 0 Å². The van der Waals surface area contributed by atoms with E-state index in [9.17, 15) is 4.79 Å². The average molecular weight is 222 g/mol. The predicted molar refractivity (Wildman–Crippen MR) is 62.2 cm³/mol. The summed E-state index contributed by atoms with van der Waals surface area (Å²) in [4.78, 5) is 9.82. The van der Waals surface area contributed by atoms with Crippen LogP contribution in [0, 0.1) is 0 Å². The Bertz CT molecular complexity index is 173. The van der Waals surface area contributed by atoms with Crippen molar-refractivity contribution in [1.82, 2.24) is 0 Å². The van der Waals surface area contributed by atoms with Crippen LogP contribution in [-0.4, -0.2) is 44.0 Å². The van der Waals surface area contributed by atoms with Crippen LogP contribution >= 0.6 is 11.6 Å². The fourth-order valence-corrected chi connectivity index (χ4v) is 0.654. The van der Waals surface area contributed by atoms with Gasteiger partial charge in [-0.15, -0.1) is 11.6 Å². The highest BCUT2D eigenvalue weighted by atomic mass is 35.5. The zero-order valence-electron chi connectivity index (χ0n) is 9.64. The first-order valence-electron chi connectivity index (χ1n) is 4.52. The van der Waals surface area contributed by atoms with E-state index in [1.807, 2.05) is 0 Å². The summed E-state index contributed by atoms with van der Waals surface area (Å²) >= 11 is 5.50. The molecule has 0 atom stereocenters. The van der Waals surface area contributed by atoms with Crippen LogP contribution in [0.3, 0.4) is 0 Å². The van der Waals surface area contributed by atoms with Crippen molar-refractivity contribution in [2.45, 2.75) is 13.3 Å². The average Bonchev–Trinajstić information content (AvgIpc) is 2.00. The molecule has 0 aromatic carbocycles. The second-order valence-electron chi connectivity index (χ2n) is 4.20. The van der Waals surface area contributed by atoms with E-state index < -0.39 is 5.91 Å². The third-order valence-electron chi connectivity index (χ3n) is 1.38. The molecule has 0 aliphatic heterocycles. The summed E-state index contributed by atoms with van der Waals surface area (Å²) in [5, 5.41) is 0. The number of hydrogen-bond donors (Lipinski definition) is 1. The lowest BCUT2D eigenvalue weighted by atomic mass is 10.3. The number of quaternary nitrogens is 1. The Morgan fingerprint density at radius 1 is 1.43 bits per heavy atom. The van der Waals surface area contributed by atoms with Crippen LogP contribution in [-0.2, 0) is 4.79 Å². The van der Waals surface area contributed by atoms with E-state index in [1.54, 1.807) is 6.92 Å². The van der Waals surface area contributed by atoms with E-state index in [0.717, 1.165) is 16.8 Å². The maximum atomic E-state index is 9.82. The number of nitrogens with zero attached hydrogens (tertiary/aromatic N) is 1. The maximum absolute atomic E-state index is 9.82. The third kappa shape index (κ3) is 17.5. The molecule has 0 spiro atoms. The number of amides is 1. The molecular formula is C10H22ClN2O+. The Morgan fingerprint density at radius 3 is 1.86 bits per heavy atom. The number of halogens is 1. The lowest BCUT2D eigenvalue weighted by Gasteiger charge is -2.22. The summed E-state index contributed by atoms with van der Waals surface area (Å²) in [5.41, 5.74) is 5.09. The van der Waals surface area contributed by atoms with Crippen LogP contribution in [0.25, 0.3) is 0 Å². The summed E-state index contributed by atoms with van der Waals surface area (Å²) in [6.45, 7) is 6.02. The van der Waals surface area contributed by atoms with Crippen LogP contribution in [0.5, 0.6) is 0 Å². The summed E-state index contributed by atoms with van der Waals surface area (Å²) in [6, 6.07) is 0. The van der Waals surface area contributed by atoms with Crippen molar-refractivity contribution in [3.8, 4) is 0 Å². The second-order valence-corrected chi connectivity index (χ2v) is 4.58. The molecule has 0 heterocycles. The molecule has 3 nitrogen and oxygen atoms in total. The molecular weight excluding hydrogens is 200 g/mol. The molecule has 4 heteroatoms. The monoisotopic (exact) mass is 221 g/mol. The molecule has 0 aromatic rings. The van der Waals surface area contributed by atoms with Crippen molar-refractivity contribution in [3.05, 3.63) is 12.2 Å². The molecule has 0 unspecified atom stereocenters. The van der Waals surface area contributed by atoms with Crippen LogP contribution in [0.4, 0.5) is 0 Å². The fourth-order valence-electron chi connectivity index (χ4n) is 0.534. The number of nitrogens with two attached hydrogens (primary N) is 1. The van der Waals surface area contributed by atoms with Gasteiger partial charge < -0.3 is 10.2 Å². The number of carbonyl (C=O) groups is 1. The molecule has 0 rings (SSSR count). The van der Waals surface area contributed by atoms with Gasteiger partial charge in [0.05, 0.1) is 27.7 Å². The van der Waals surface area contributed by atoms with E-state index in [-0.39, 0.29) is 0 Å². The molecule has 0 saturated heterocycles. The minimum Gasteiger partial charge on any atom is -0.366 e. The molecule has 0 aliphatic rings. The normalized spacial score (nSPS) is 10.1. The smallest absolute Gasteiger partial charge is 0.243 e. The van der Waals surface area contributed by atoms with Gasteiger partial charge in [-0.05, 0) is 6.92 Å². The standard InChI is InChI=1S/C6H15ClN.C4H7NO/c1-8(2,3)6-4-5-7;1-3(2)4(5)6/h4-6H2,1-3H3;1H2,2H3,(H2,5,6)/q+1;. The van der Waals surface area contributed by atoms with Gasteiger partial charge in [0.1, 0.15) is 0 Å². The van der Waals surface area contributed by atoms with Crippen LogP contribution in [0.1, 0.15) is 13.3 Å². The molecule has 2 N–H and O–H groups in total. The molecule has 0 aromatic heterocycles. The first-order valence-corrected chi connectivity index (χ1v) is 5.06. The Morgan fingerprint density at radius 2 is 1.79 bits per heavy atom. The van der Waals surface area contributed by atoms with Gasteiger partial charge in [-0.1, -0.05) is 6.58 Å². The largest absolute Gasteiger partial charge is 0.366 e. The molecule has 14 heavy (non-hydrogen) atoms. The minimum absolute atomic E-state index is 0.398. The molecule has 84 valence electrons. The minimum atomic E-state index is -0.435. The molecule has 0 bridgehead atoms. The van der Waals surface area contributed by atoms with Gasteiger partial charge >= 0.3 is 0 Å². The van der Waals surface area contributed by atoms with Crippen LogP contribution < -0.4 is 5.73 Å². The van der Waals surface area contributed by atoms with E-state index in [4.69, 9.17) is 17.3 Å². The quantitative estimate of drug-likeness (QED) is 0.435. The third-order valence-corrected chi connectivity index (χ3v) is 1.65. The van der Waals surface area contributed by atoms with E-state index in [1.165, 1.54) is 6.54 Å². The van der Waals surface area contributed by atoms with Gasteiger partial charge in [0.2, 0.25) is 5.91 Å². The van der Waals surface area contributed by atoms with Gasteiger partial charge in [0.15, 0.2) is 0 Å². The van der Waals surface area contributed by atoms with Gasteiger partial charge in [-0.2, -0.15) is 0 Å². The fraction of sp³-hybridized carbons (Fsp3) is 0.700. The van der Waals surface area contributed by atoms with Crippen molar-refractivity contribution >= 4 is 17.5 Å². The second kappa shape index (κ2) is 7.83. The Hall–Kier alpha value is -0.540. The summed E-state index contributed by atoms with van der Waals surface area (Å²) < 4.78 is 1.02. The van der Waals surface area contributed by atoms with Crippen LogP contribution in [0.15, 0.2) is 12.2 Å². The Balaban J connectivity index is 0. The Kier molecular flexibility index (Phi) is 8.89. The van der Waals surface area contributed by atoms with Gasteiger partial charge in [-0.25, -0.2) is 0 Å². The predicted octanol–water partition coefficient (Wildman–Crippen LogP) is 1.37. The lowest BCUT2D eigenvalue weighted by molar-refractivity contribution is -0.870. The number of hydrogen-bond acceptors (Lipinski definition) is 1. The highest BCUT2D eigenvalue weighted by Crippen LogP contribution is 1.93. The summed E-state index contributed by atoms with van der Waals surface area (Å²) in [5.74, 6) is 0.352. The number of alkyl halides is 1. The van der Waals surface area contributed by atoms with Crippen LogP contribution in [0.2, 0.25) is 0 Å². The number of primary amides is 1. The Labute approximate surface area is 92.1 Å². The molecule has 0 radical (unpaired) electrons. The first kappa shape index (κ1) is 15.9. The van der Waals surface area contributed by atoms with Crippen molar-refractivity contribution in [2.75, 3.05) is 33.6 Å². The first-order chi connectivity index (χ1) is 6.20. The van der Waals surface area contributed by atoms with Gasteiger partial charge in [-0.3, -0.25) is 4.79 Å². The summed E-state index contributed by atoms with van der Waals surface area (Å²) in [7, 11) is 6.52. The SMILES string of the molecule is C=C(C)C(N)=O.C[N+](C)(C)CCCCl. The molecule has 0 fully saturated rings.